The Kier molecular flexibility index (Phi) is 16.2. The number of fused-ring (bicyclic) bond motifs is 3. The van der Waals surface area contributed by atoms with Gasteiger partial charge in [-0.1, -0.05) is 98.2 Å². The molecule has 0 radical (unpaired) electrons. The number of nitrogens with zero attached hydrogens (tertiary/aromatic N) is 4. The Morgan fingerprint density at radius 2 is 1.40 bits per heavy atom. The van der Waals surface area contributed by atoms with Crippen molar-refractivity contribution in [1.82, 2.24) is 19.9 Å². The molecule has 48 heavy (non-hydrogen) atoms. The first-order valence-electron chi connectivity index (χ1n) is 15.5. The maximum Gasteiger partial charge on any atom is 0.271 e. The van der Waals surface area contributed by atoms with Gasteiger partial charge in [-0.05, 0) is 71.2 Å². The van der Waals surface area contributed by atoms with Crippen molar-refractivity contribution in [2.75, 3.05) is 0 Å². The summed E-state index contributed by atoms with van der Waals surface area (Å²) >= 11 is 1.78. The van der Waals surface area contributed by atoms with Gasteiger partial charge >= 0.3 is 0 Å². The van der Waals surface area contributed by atoms with Crippen LogP contribution in [0.4, 0.5) is 5.69 Å². The van der Waals surface area contributed by atoms with Crippen molar-refractivity contribution in [3.63, 3.8) is 0 Å². The van der Waals surface area contributed by atoms with E-state index in [9.17, 15) is 10.1 Å². The Labute approximate surface area is 309 Å². The summed E-state index contributed by atoms with van der Waals surface area (Å²) in [4.78, 5) is 26.7. The highest BCUT2D eigenvalue weighted by molar-refractivity contribution is 8.77. The second-order valence-electron chi connectivity index (χ2n) is 10.6. The van der Waals surface area contributed by atoms with E-state index in [4.69, 9.17) is 4.42 Å². The van der Waals surface area contributed by atoms with Crippen LogP contribution in [-0.4, -0.2) is 40.6 Å². The van der Waals surface area contributed by atoms with E-state index < -0.39 is 4.92 Å². The van der Waals surface area contributed by atoms with Crippen molar-refractivity contribution in [1.29, 1.82) is 0 Å². The molecular formula is C33H39N5O3S7. The molecular weight excluding hydrogens is 739 g/mol. The highest BCUT2D eigenvalue weighted by atomic mass is 33.1. The largest absolute Gasteiger partial charge is 0.431 e. The van der Waals surface area contributed by atoms with Gasteiger partial charge < -0.3 is 9.40 Å². The Hall–Kier alpha value is -2.01. The normalized spacial score (nSPS) is 13.0. The molecule has 3 aromatic carbocycles. The third kappa shape index (κ3) is 12.1. The van der Waals surface area contributed by atoms with E-state index in [1.54, 1.807) is 71.4 Å². The zero-order valence-corrected chi connectivity index (χ0v) is 33.3. The second kappa shape index (κ2) is 20.0. The molecule has 0 bridgehead atoms. The average molecular weight is 778 g/mol. The minimum absolute atomic E-state index is 0.0808. The quantitative estimate of drug-likeness (QED) is 0.0684. The molecule has 0 aliphatic heterocycles. The number of nitro groups is 1. The van der Waals surface area contributed by atoms with Gasteiger partial charge in [0.15, 0.2) is 15.1 Å². The summed E-state index contributed by atoms with van der Waals surface area (Å²) in [5, 5.41) is 14.1. The number of nitro benzene ring substituents is 1. The van der Waals surface area contributed by atoms with Crippen LogP contribution in [0.2, 0.25) is 0 Å². The van der Waals surface area contributed by atoms with E-state index in [1.807, 2.05) is 41.1 Å². The number of oxazole rings is 1. The number of nitrogens with one attached hydrogen (secondary N) is 1. The number of H-pyrrole nitrogens is 1. The number of hydrogen-bond acceptors (Lipinski definition) is 13. The molecule has 0 saturated heterocycles. The lowest BCUT2D eigenvalue weighted by Crippen LogP contribution is -1.88. The summed E-state index contributed by atoms with van der Waals surface area (Å²) in [5.74, 6) is 0. The minimum atomic E-state index is -0.402. The van der Waals surface area contributed by atoms with Gasteiger partial charge in [0.2, 0.25) is 0 Å². The van der Waals surface area contributed by atoms with E-state index >= 15 is 0 Å². The number of imidazole rings is 1. The Morgan fingerprint density at radius 3 is 2.04 bits per heavy atom. The van der Waals surface area contributed by atoms with Crippen molar-refractivity contribution in [2.45, 2.75) is 91.3 Å². The molecule has 0 fully saturated rings. The smallest absolute Gasteiger partial charge is 0.271 e. The summed E-state index contributed by atoms with van der Waals surface area (Å²) in [6, 6.07) is 20.8. The maximum absolute atomic E-state index is 10.7. The summed E-state index contributed by atoms with van der Waals surface area (Å²) in [5.41, 5.74) is 4.46. The first-order chi connectivity index (χ1) is 23.2. The molecule has 1 N–H and O–H groups in total. The molecule has 0 aliphatic carbocycles. The number of aromatic nitrogens is 4. The molecule has 3 unspecified atom stereocenters. The van der Waals surface area contributed by atoms with Gasteiger partial charge in [-0.25, -0.2) is 15.0 Å². The van der Waals surface area contributed by atoms with Crippen molar-refractivity contribution in [3.05, 3.63) is 76.8 Å². The van der Waals surface area contributed by atoms with Crippen LogP contribution in [0.1, 0.15) is 60.8 Å². The lowest BCUT2D eigenvalue weighted by Gasteiger charge is -2.03. The van der Waals surface area contributed by atoms with E-state index in [0.717, 1.165) is 45.4 Å². The zero-order valence-electron chi connectivity index (χ0n) is 27.6. The molecule has 256 valence electrons. The van der Waals surface area contributed by atoms with E-state index in [1.165, 1.54) is 27.6 Å². The van der Waals surface area contributed by atoms with Crippen molar-refractivity contribution >= 4 is 114 Å². The molecule has 15 heteroatoms. The van der Waals surface area contributed by atoms with E-state index in [-0.39, 0.29) is 5.69 Å². The summed E-state index contributed by atoms with van der Waals surface area (Å²) in [6.07, 6.45) is 3.48. The summed E-state index contributed by atoms with van der Waals surface area (Å²) in [6.45, 7) is 13.2. The Balaban J connectivity index is 0.000000164. The fraction of sp³-hybridized carbons (Fsp3) is 0.364. The van der Waals surface area contributed by atoms with Gasteiger partial charge in [0, 0.05) is 38.7 Å². The Morgan fingerprint density at radius 1 is 0.771 bits per heavy atom. The van der Waals surface area contributed by atoms with Gasteiger partial charge in [-0.15, -0.1) is 11.3 Å². The zero-order chi connectivity index (χ0) is 34.5. The number of non-ortho nitro benzene ring substituents is 1. The standard InChI is InChI=1S/C11H13N3O2S2.C11H13NOS2.C11H13NS3/c1-3-7(2)17-18-11-12-9-5-4-8(14(15)16)6-10(9)13-11;2*1-3-8(2)14-15-11-12-9-6-4-5-7-10(9)13-11/h4-7H,3H2,1-2H3,(H,12,13);2*4-8H,3H2,1-2H3. The highest BCUT2D eigenvalue weighted by Crippen LogP contribution is 2.40. The average Bonchev–Trinajstić information content (AvgIpc) is 3.84. The Bertz CT molecular complexity index is 1730. The van der Waals surface area contributed by atoms with Crippen LogP contribution in [0.5, 0.6) is 0 Å². The molecule has 6 aromatic rings. The van der Waals surface area contributed by atoms with Crippen LogP contribution in [0.25, 0.3) is 32.3 Å². The van der Waals surface area contributed by atoms with Crippen molar-refractivity contribution in [3.8, 4) is 0 Å². The molecule has 0 saturated carbocycles. The fourth-order valence-electron chi connectivity index (χ4n) is 3.48. The van der Waals surface area contributed by atoms with Crippen LogP contribution in [0.15, 0.2) is 85.9 Å². The molecule has 3 atom stereocenters. The number of hydrogen-bond donors (Lipinski definition) is 1. The minimum Gasteiger partial charge on any atom is -0.431 e. The van der Waals surface area contributed by atoms with E-state index in [0.29, 0.717) is 21.3 Å². The lowest BCUT2D eigenvalue weighted by molar-refractivity contribution is -0.384. The SMILES string of the molecule is CCC(C)SSc1nc2ccc([N+](=O)[O-])cc2[nH]1.CCC(C)SSc1nc2ccccc2o1.CCC(C)SSc1nc2ccccc2s1. The van der Waals surface area contributed by atoms with Crippen molar-refractivity contribution < 1.29 is 9.34 Å². The molecule has 0 amide bonds. The molecule has 0 aliphatic rings. The maximum atomic E-state index is 10.7. The van der Waals surface area contributed by atoms with Crippen LogP contribution in [0, 0.1) is 10.1 Å². The van der Waals surface area contributed by atoms with Gasteiger partial charge in [0.05, 0.1) is 26.2 Å². The predicted molar refractivity (Wildman–Crippen MR) is 216 cm³/mol. The molecule has 8 nitrogen and oxygen atoms in total. The number of thiazole rings is 1. The summed E-state index contributed by atoms with van der Waals surface area (Å²) in [7, 11) is 10.5. The number of para-hydroxylation sites is 3. The van der Waals surface area contributed by atoms with Crippen molar-refractivity contribution in [2.24, 2.45) is 0 Å². The molecule has 0 spiro atoms. The molecule has 6 rings (SSSR count). The fourth-order valence-corrected chi connectivity index (χ4v) is 11.1. The van der Waals surface area contributed by atoms with Crippen LogP contribution in [0.3, 0.4) is 0 Å². The predicted octanol–water partition coefficient (Wildman–Crippen LogP) is 13.2. The van der Waals surface area contributed by atoms with Gasteiger partial charge in [0.25, 0.3) is 10.9 Å². The monoisotopic (exact) mass is 777 g/mol. The molecule has 3 heterocycles. The van der Waals surface area contributed by atoms with Crippen LogP contribution in [-0.2, 0) is 0 Å². The number of rotatable bonds is 13. The van der Waals surface area contributed by atoms with Gasteiger partial charge in [0.1, 0.15) is 5.52 Å². The van der Waals surface area contributed by atoms with Gasteiger partial charge in [-0.2, -0.15) is 0 Å². The summed E-state index contributed by atoms with van der Waals surface area (Å²) < 4.78 is 8.04. The lowest BCUT2D eigenvalue weighted by atomic mass is 10.3. The number of aromatic amines is 1. The third-order valence-corrected chi connectivity index (χ3v) is 16.8. The molecule has 3 aromatic heterocycles. The highest BCUT2D eigenvalue weighted by Gasteiger charge is 2.12. The topological polar surface area (TPSA) is 111 Å². The number of benzene rings is 3. The first kappa shape index (κ1) is 38.8. The van der Waals surface area contributed by atoms with Crippen LogP contribution >= 0.6 is 76.1 Å². The van der Waals surface area contributed by atoms with Gasteiger partial charge in [-0.3, -0.25) is 10.1 Å². The second-order valence-corrected chi connectivity index (χ2v) is 19.7. The first-order valence-corrected chi connectivity index (χ1v) is 23.0. The van der Waals surface area contributed by atoms with E-state index in [2.05, 4.69) is 79.7 Å². The van der Waals surface area contributed by atoms with Crippen LogP contribution < -0.4 is 0 Å². The third-order valence-electron chi connectivity index (χ3n) is 6.79.